The lowest BCUT2D eigenvalue weighted by Gasteiger charge is -2.29. The molecule has 0 atom stereocenters. The summed E-state index contributed by atoms with van der Waals surface area (Å²) in [7, 11) is 0. The highest BCUT2D eigenvalue weighted by atomic mass is 32.1. The third-order valence-corrected chi connectivity index (χ3v) is 7.23. The maximum Gasteiger partial charge on any atom is 0.186 e. The van der Waals surface area contributed by atoms with Crippen LogP contribution in [0.5, 0.6) is 0 Å². The van der Waals surface area contributed by atoms with Crippen molar-refractivity contribution in [2.45, 2.75) is 19.4 Å². The molecule has 2 aliphatic heterocycles. The number of H-pyrrole nitrogens is 1. The van der Waals surface area contributed by atoms with Gasteiger partial charge in [-0.25, -0.2) is 9.37 Å². The molecule has 0 saturated carbocycles. The predicted molar refractivity (Wildman–Crippen MR) is 120 cm³/mol. The number of anilines is 2. The van der Waals surface area contributed by atoms with Gasteiger partial charge in [0, 0.05) is 67.1 Å². The van der Waals surface area contributed by atoms with Crippen molar-refractivity contribution >= 4 is 43.3 Å². The van der Waals surface area contributed by atoms with Crippen molar-refractivity contribution in [3.8, 4) is 0 Å². The molecule has 1 fully saturated rings. The van der Waals surface area contributed by atoms with Gasteiger partial charge >= 0.3 is 0 Å². The molecule has 0 amide bonds. The molecule has 2 aromatic heterocycles. The zero-order chi connectivity index (χ0) is 20.1. The molecule has 2 aliphatic rings. The van der Waals surface area contributed by atoms with E-state index >= 15 is 0 Å². The lowest BCUT2D eigenvalue weighted by Crippen LogP contribution is -2.29. The first kappa shape index (κ1) is 18.2. The molecule has 1 saturated heterocycles. The smallest absolute Gasteiger partial charge is 0.186 e. The quantitative estimate of drug-likeness (QED) is 0.508. The molecule has 5 nitrogen and oxygen atoms in total. The number of hydrogen-bond donors (Lipinski definition) is 1. The van der Waals surface area contributed by atoms with Crippen LogP contribution in [0.15, 0.2) is 36.4 Å². The van der Waals surface area contributed by atoms with Gasteiger partial charge < -0.3 is 19.5 Å². The summed E-state index contributed by atoms with van der Waals surface area (Å²) in [5.74, 6) is -0.182. The number of benzene rings is 2. The maximum absolute atomic E-state index is 13.8. The van der Waals surface area contributed by atoms with E-state index in [4.69, 9.17) is 9.72 Å². The first-order chi connectivity index (χ1) is 14.7. The van der Waals surface area contributed by atoms with Gasteiger partial charge in [-0.2, -0.15) is 0 Å². The van der Waals surface area contributed by atoms with Gasteiger partial charge in [0.1, 0.15) is 5.82 Å². The summed E-state index contributed by atoms with van der Waals surface area (Å²) in [6, 6.07) is 11.6. The lowest BCUT2D eigenvalue weighted by molar-refractivity contribution is 0.152. The zero-order valence-electron chi connectivity index (χ0n) is 16.7. The van der Waals surface area contributed by atoms with E-state index < -0.39 is 0 Å². The Morgan fingerprint density at radius 3 is 2.97 bits per heavy atom. The van der Waals surface area contributed by atoms with Crippen molar-refractivity contribution in [1.29, 1.82) is 0 Å². The summed E-state index contributed by atoms with van der Waals surface area (Å²) in [4.78, 5) is 13.1. The molecule has 0 aliphatic carbocycles. The number of hydrogen-bond acceptors (Lipinski definition) is 5. The third kappa shape index (κ3) is 3.13. The number of nitrogens with zero attached hydrogens (tertiary/aromatic N) is 3. The predicted octanol–water partition coefficient (Wildman–Crippen LogP) is 4.71. The molecular formula is C23H23FN4OS. The molecular weight excluding hydrogens is 399 g/mol. The van der Waals surface area contributed by atoms with E-state index in [1.54, 1.807) is 17.4 Å². The lowest BCUT2D eigenvalue weighted by atomic mass is 10.0. The van der Waals surface area contributed by atoms with Crippen molar-refractivity contribution < 1.29 is 9.13 Å². The second kappa shape index (κ2) is 7.25. The highest BCUT2D eigenvalue weighted by Crippen LogP contribution is 2.35. The minimum Gasteiger partial charge on any atom is -0.380 e. The van der Waals surface area contributed by atoms with Crippen LogP contribution in [0, 0.1) is 5.82 Å². The molecule has 4 heterocycles. The van der Waals surface area contributed by atoms with Gasteiger partial charge in [-0.15, -0.1) is 0 Å². The molecule has 30 heavy (non-hydrogen) atoms. The second-order valence-electron chi connectivity index (χ2n) is 8.05. The molecule has 0 bridgehead atoms. The topological polar surface area (TPSA) is 44.4 Å². The fourth-order valence-electron chi connectivity index (χ4n) is 4.58. The van der Waals surface area contributed by atoms with Gasteiger partial charge in [0.15, 0.2) is 5.13 Å². The van der Waals surface area contributed by atoms with Crippen LogP contribution < -0.4 is 9.80 Å². The summed E-state index contributed by atoms with van der Waals surface area (Å²) in [6.07, 6.45) is 1.98. The fraction of sp³-hybridized carbons (Fsp3) is 0.348. The Hall–Kier alpha value is -2.64. The highest BCUT2D eigenvalue weighted by molar-refractivity contribution is 7.22. The molecule has 0 unspecified atom stereocenters. The van der Waals surface area contributed by atoms with E-state index in [0.29, 0.717) is 0 Å². The van der Waals surface area contributed by atoms with Crippen molar-refractivity contribution in [1.82, 2.24) is 9.97 Å². The first-order valence-electron chi connectivity index (χ1n) is 10.5. The molecule has 2 aromatic carbocycles. The molecule has 154 valence electrons. The van der Waals surface area contributed by atoms with Crippen molar-refractivity contribution in [2.75, 3.05) is 42.6 Å². The normalized spacial score (nSPS) is 17.5. The van der Waals surface area contributed by atoms with Gasteiger partial charge in [-0.3, -0.25) is 0 Å². The molecule has 7 heteroatoms. The molecule has 4 aromatic rings. The zero-order valence-corrected chi connectivity index (χ0v) is 17.5. The Bertz CT molecular complexity index is 1220. The van der Waals surface area contributed by atoms with Crippen LogP contribution >= 0.6 is 11.3 Å². The van der Waals surface area contributed by atoms with E-state index in [9.17, 15) is 4.39 Å². The van der Waals surface area contributed by atoms with Crippen LogP contribution in [-0.4, -0.2) is 42.8 Å². The van der Waals surface area contributed by atoms with Crippen LogP contribution in [0.25, 0.3) is 21.1 Å². The number of nitrogens with one attached hydrogen (secondary N) is 1. The summed E-state index contributed by atoms with van der Waals surface area (Å²) in [6.45, 7) is 5.24. The Labute approximate surface area is 178 Å². The van der Waals surface area contributed by atoms with Gasteiger partial charge in [0.05, 0.1) is 16.8 Å². The number of aromatic nitrogens is 2. The van der Waals surface area contributed by atoms with E-state index in [0.717, 1.165) is 73.8 Å². The monoisotopic (exact) mass is 422 g/mol. The van der Waals surface area contributed by atoms with Crippen LogP contribution in [0.2, 0.25) is 0 Å². The third-order valence-electron chi connectivity index (χ3n) is 6.16. The Morgan fingerprint density at radius 1 is 1.03 bits per heavy atom. The Kier molecular flexibility index (Phi) is 4.39. The van der Waals surface area contributed by atoms with Gasteiger partial charge in [0.2, 0.25) is 0 Å². The molecule has 0 radical (unpaired) electrons. The van der Waals surface area contributed by atoms with E-state index in [-0.39, 0.29) is 5.82 Å². The number of fused-ring (bicyclic) bond motifs is 4. The first-order valence-corrected chi connectivity index (χ1v) is 11.3. The van der Waals surface area contributed by atoms with Crippen LogP contribution in [0.1, 0.15) is 17.7 Å². The largest absolute Gasteiger partial charge is 0.380 e. The number of thiazole rings is 1. The van der Waals surface area contributed by atoms with Gasteiger partial charge in [-0.05, 0) is 42.8 Å². The number of ether oxygens (including phenoxy) is 1. The minimum absolute atomic E-state index is 0.182. The number of halogens is 1. The van der Waals surface area contributed by atoms with Crippen LogP contribution in [-0.2, 0) is 17.7 Å². The number of rotatable bonds is 2. The van der Waals surface area contributed by atoms with Crippen LogP contribution in [0.4, 0.5) is 15.2 Å². The maximum atomic E-state index is 13.8. The Balaban J connectivity index is 1.31. The molecule has 0 spiro atoms. The van der Waals surface area contributed by atoms with Gasteiger partial charge in [0.25, 0.3) is 0 Å². The van der Waals surface area contributed by atoms with Crippen molar-refractivity contribution in [2.24, 2.45) is 0 Å². The highest BCUT2D eigenvalue weighted by Gasteiger charge is 2.22. The standard InChI is InChI=1S/C23H23FN4OS/c24-15-2-4-19-17(12-15)18-14-28(8-6-20(18)25-19)16-3-5-21-22(13-16)30-23(26-21)27-7-1-10-29-11-9-27/h2-5,12-13,25H,1,6-11,14H2. The SMILES string of the molecule is Fc1ccc2[nH]c3c(c2c1)CN(c1ccc2nc(N4CCCOCC4)sc2c1)CC3. The minimum atomic E-state index is -0.182. The van der Waals surface area contributed by atoms with E-state index in [1.807, 2.05) is 6.07 Å². The average molecular weight is 423 g/mol. The van der Waals surface area contributed by atoms with E-state index in [2.05, 4.69) is 33.0 Å². The average Bonchev–Trinajstić information content (AvgIpc) is 3.23. The van der Waals surface area contributed by atoms with Gasteiger partial charge in [-0.1, -0.05) is 11.3 Å². The second-order valence-corrected chi connectivity index (χ2v) is 9.05. The summed E-state index contributed by atoms with van der Waals surface area (Å²) in [5.41, 5.74) is 5.72. The fourth-order valence-corrected chi connectivity index (χ4v) is 5.63. The van der Waals surface area contributed by atoms with Crippen LogP contribution in [0.3, 0.4) is 0 Å². The Morgan fingerprint density at radius 2 is 2.00 bits per heavy atom. The summed E-state index contributed by atoms with van der Waals surface area (Å²) < 4.78 is 20.6. The number of aromatic amines is 1. The summed E-state index contributed by atoms with van der Waals surface area (Å²) >= 11 is 1.76. The van der Waals surface area contributed by atoms with Crippen molar-refractivity contribution in [3.05, 3.63) is 53.5 Å². The summed E-state index contributed by atoms with van der Waals surface area (Å²) in [5, 5.41) is 2.08. The molecule has 6 rings (SSSR count). The van der Waals surface area contributed by atoms with E-state index in [1.165, 1.54) is 27.7 Å². The molecule has 1 N–H and O–H groups in total. The van der Waals surface area contributed by atoms with Crippen molar-refractivity contribution in [3.63, 3.8) is 0 Å².